The van der Waals surface area contributed by atoms with Crippen molar-refractivity contribution in [3.63, 3.8) is 0 Å². The van der Waals surface area contributed by atoms with Gasteiger partial charge in [0.15, 0.2) is 0 Å². The predicted octanol–water partition coefficient (Wildman–Crippen LogP) is 7.01. The Morgan fingerprint density at radius 2 is 1.21 bits per heavy atom. The zero-order chi connectivity index (χ0) is 18.2. The van der Waals surface area contributed by atoms with Crippen LogP contribution in [-0.2, 0) is 0 Å². The van der Waals surface area contributed by atoms with Crippen molar-refractivity contribution in [3.8, 4) is 0 Å². The molecule has 0 aromatic rings. The highest BCUT2D eigenvalue weighted by atomic mass is 15.2. The molecule has 0 bridgehead atoms. The minimum absolute atomic E-state index is 1.01. The summed E-state index contributed by atoms with van der Waals surface area (Å²) in [5.41, 5.74) is 3.17. The second kappa shape index (κ2) is 14.1. The van der Waals surface area contributed by atoms with Crippen LogP contribution in [0.5, 0.6) is 0 Å². The van der Waals surface area contributed by atoms with Gasteiger partial charge in [-0.2, -0.15) is 0 Å². The molecule has 0 N–H and O–H groups in total. The Balaban J connectivity index is 6.29. The second-order valence-corrected chi connectivity index (χ2v) is 4.87. The van der Waals surface area contributed by atoms with Crippen LogP contribution in [0.3, 0.4) is 0 Å². The minimum Gasteiger partial charge on any atom is -0.311 e. The lowest BCUT2D eigenvalue weighted by atomic mass is 10.2. The molecular formula is C23H31N. The highest BCUT2D eigenvalue weighted by molar-refractivity contribution is 5.40. The summed E-state index contributed by atoms with van der Waals surface area (Å²) in [6.07, 6.45) is 28.6. The summed E-state index contributed by atoms with van der Waals surface area (Å²) in [7, 11) is 0. The van der Waals surface area contributed by atoms with Crippen molar-refractivity contribution in [3.05, 3.63) is 109 Å². The first-order valence-electron chi connectivity index (χ1n) is 8.36. The summed E-state index contributed by atoms with van der Waals surface area (Å²) in [6.45, 7) is 14.1. The van der Waals surface area contributed by atoms with E-state index in [2.05, 4.69) is 41.9 Å². The van der Waals surface area contributed by atoms with E-state index in [1.54, 1.807) is 0 Å². The molecule has 0 heterocycles. The first-order chi connectivity index (χ1) is 11.7. The quantitative estimate of drug-likeness (QED) is 0.413. The first kappa shape index (κ1) is 21.5. The van der Waals surface area contributed by atoms with Crippen LogP contribution in [-0.4, -0.2) is 4.90 Å². The zero-order valence-electron chi connectivity index (χ0n) is 15.7. The maximum Gasteiger partial charge on any atom is 0.0458 e. The van der Waals surface area contributed by atoms with Gasteiger partial charge >= 0.3 is 0 Å². The summed E-state index contributed by atoms with van der Waals surface area (Å²) in [4.78, 5) is 2.19. The molecule has 0 fully saturated rings. The maximum atomic E-state index is 3.99. The van der Waals surface area contributed by atoms with E-state index in [4.69, 9.17) is 0 Å². The van der Waals surface area contributed by atoms with E-state index in [1.165, 1.54) is 0 Å². The molecule has 0 amide bonds. The molecule has 0 saturated heterocycles. The Morgan fingerprint density at radius 3 is 1.67 bits per heavy atom. The summed E-state index contributed by atoms with van der Waals surface area (Å²) in [5.74, 6) is 0. The summed E-state index contributed by atoms with van der Waals surface area (Å²) in [5, 5.41) is 0. The van der Waals surface area contributed by atoms with Crippen LogP contribution >= 0.6 is 0 Å². The molecule has 0 rings (SSSR count). The molecule has 0 aliphatic rings. The van der Waals surface area contributed by atoms with Crippen molar-refractivity contribution in [1.82, 2.24) is 4.90 Å². The molecule has 1 nitrogen and oxygen atoms in total. The second-order valence-electron chi connectivity index (χ2n) is 4.87. The fourth-order valence-corrected chi connectivity index (χ4v) is 2.01. The largest absolute Gasteiger partial charge is 0.311 e. The lowest BCUT2D eigenvalue weighted by Crippen LogP contribution is -2.19. The van der Waals surface area contributed by atoms with Crippen molar-refractivity contribution >= 4 is 0 Å². The summed E-state index contributed by atoms with van der Waals surface area (Å²) < 4.78 is 0. The van der Waals surface area contributed by atoms with E-state index in [-0.39, 0.29) is 0 Å². The molecule has 0 aliphatic heterocycles. The molecule has 0 radical (unpaired) electrons. The lowest BCUT2D eigenvalue weighted by Gasteiger charge is -2.28. The third-order valence-corrected chi connectivity index (χ3v) is 3.11. The Kier molecular flexibility index (Phi) is 12.6. The minimum atomic E-state index is 1.01. The third-order valence-electron chi connectivity index (χ3n) is 3.11. The van der Waals surface area contributed by atoms with Gasteiger partial charge in [-0.1, -0.05) is 61.3 Å². The van der Waals surface area contributed by atoms with Crippen molar-refractivity contribution in [1.29, 1.82) is 0 Å². The molecular weight excluding hydrogens is 290 g/mol. The molecule has 0 aromatic heterocycles. The monoisotopic (exact) mass is 321 g/mol. The zero-order valence-corrected chi connectivity index (χ0v) is 15.7. The Bertz CT molecular complexity index is 602. The van der Waals surface area contributed by atoms with Crippen LogP contribution in [0.25, 0.3) is 0 Å². The highest BCUT2D eigenvalue weighted by Gasteiger charge is 2.12. The number of nitrogens with zero attached hydrogens (tertiary/aromatic N) is 1. The normalized spacial score (nSPS) is 15.0. The van der Waals surface area contributed by atoms with Gasteiger partial charge in [-0.25, -0.2) is 0 Å². The molecule has 0 unspecified atom stereocenters. The maximum absolute atomic E-state index is 3.99. The number of allylic oxidation sites excluding steroid dienone is 14. The van der Waals surface area contributed by atoms with Crippen LogP contribution in [0.1, 0.15) is 34.6 Å². The van der Waals surface area contributed by atoms with Crippen molar-refractivity contribution in [2.24, 2.45) is 0 Å². The number of hydrogen-bond acceptors (Lipinski definition) is 1. The Morgan fingerprint density at radius 1 is 0.625 bits per heavy atom. The van der Waals surface area contributed by atoms with E-state index < -0.39 is 0 Å². The third kappa shape index (κ3) is 7.64. The van der Waals surface area contributed by atoms with Crippen LogP contribution in [0.2, 0.25) is 0 Å². The SMILES string of the molecule is C=C/C(=C\C=C/C)N(C(/C=C\C=C/C)=C/C)C(/C=C\C)=C/C=C\C. The van der Waals surface area contributed by atoms with E-state index in [0.717, 1.165) is 17.1 Å². The van der Waals surface area contributed by atoms with Gasteiger partial charge in [-0.15, -0.1) is 0 Å². The van der Waals surface area contributed by atoms with Crippen molar-refractivity contribution in [2.45, 2.75) is 34.6 Å². The standard InChI is InChI=1S/C23H31N/c1-7-13-16-20-22(12-6)24(21(11-5)18-14-8-2)23(17-10-4)19-15-9-3/h7-20H,5H2,1-4,6H3/b13-7-,14-8-,15-9-,17-10-,20-16-,21-18+,22-12+,23-19+. The smallest absolute Gasteiger partial charge is 0.0458 e. The Labute approximate surface area is 148 Å². The van der Waals surface area contributed by atoms with Gasteiger partial charge in [-0.05, 0) is 65.0 Å². The fourth-order valence-electron chi connectivity index (χ4n) is 2.01. The van der Waals surface area contributed by atoms with Crippen molar-refractivity contribution < 1.29 is 0 Å². The molecule has 128 valence electrons. The van der Waals surface area contributed by atoms with Crippen LogP contribution in [0.4, 0.5) is 0 Å². The predicted molar refractivity (Wildman–Crippen MR) is 110 cm³/mol. The molecule has 0 aromatic carbocycles. The van der Waals surface area contributed by atoms with Gasteiger partial charge in [0.1, 0.15) is 0 Å². The van der Waals surface area contributed by atoms with Crippen molar-refractivity contribution in [2.75, 3.05) is 0 Å². The summed E-state index contributed by atoms with van der Waals surface area (Å²) >= 11 is 0. The molecule has 1 heteroatoms. The number of rotatable bonds is 9. The fraction of sp³-hybridized carbons (Fsp3) is 0.217. The Hall–Kier alpha value is -2.54. The van der Waals surface area contributed by atoms with Gasteiger partial charge < -0.3 is 4.90 Å². The van der Waals surface area contributed by atoms with Gasteiger partial charge in [0.05, 0.1) is 0 Å². The van der Waals surface area contributed by atoms with E-state index in [0.29, 0.717) is 0 Å². The van der Waals surface area contributed by atoms with Crippen LogP contribution < -0.4 is 0 Å². The number of hydrogen-bond donors (Lipinski definition) is 0. The molecule has 0 spiro atoms. The van der Waals surface area contributed by atoms with Gasteiger partial charge in [0.25, 0.3) is 0 Å². The average Bonchev–Trinajstić information content (AvgIpc) is 2.60. The molecule has 24 heavy (non-hydrogen) atoms. The van der Waals surface area contributed by atoms with Gasteiger partial charge in [-0.3, -0.25) is 0 Å². The summed E-state index contributed by atoms with van der Waals surface area (Å²) in [6, 6.07) is 0. The van der Waals surface area contributed by atoms with Gasteiger partial charge in [0, 0.05) is 17.1 Å². The highest BCUT2D eigenvalue weighted by Crippen LogP contribution is 2.24. The van der Waals surface area contributed by atoms with Gasteiger partial charge in [0.2, 0.25) is 0 Å². The average molecular weight is 322 g/mol. The topological polar surface area (TPSA) is 3.24 Å². The van der Waals surface area contributed by atoms with Crippen LogP contribution in [0.15, 0.2) is 109 Å². The molecule has 0 aliphatic carbocycles. The van der Waals surface area contributed by atoms with E-state index in [9.17, 15) is 0 Å². The van der Waals surface area contributed by atoms with E-state index in [1.807, 2.05) is 89.3 Å². The van der Waals surface area contributed by atoms with Crippen LogP contribution in [0, 0.1) is 0 Å². The molecule has 0 saturated carbocycles. The van der Waals surface area contributed by atoms with E-state index >= 15 is 0 Å². The lowest BCUT2D eigenvalue weighted by molar-refractivity contribution is 0.577. The molecule has 0 atom stereocenters. The first-order valence-corrected chi connectivity index (χ1v) is 8.36.